The Morgan fingerprint density at radius 3 is 2.25 bits per heavy atom. The molecule has 0 fully saturated rings. The van der Waals surface area contributed by atoms with Gasteiger partial charge in [0.25, 0.3) is 0 Å². The Bertz CT molecular complexity index is 889. The highest BCUT2D eigenvalue weighted by Crippen LogP contribution is 2.40. The van der Waals surface area contributed by atoms with Crippen molar-refractivity contribution >= 4 is 43.8 Å². The molecule has 0 aliphatic heterocycles. The first kappa shape index (κ1) is 22.4. The van der Waals surface area contributed by atoms with Crippen LogP contribution in [0.1, 0.15) is 36.5 Å². The molecule has 2 aromatic carbocycles. The fourth-order valence-corrected chi connectivity index (χ4v) is 4.02. The van der Waals surface area contributed by atoms with Gasteiger partial charge in [0.1, 0.15) is 11.5 Å². The predicted octanol–water partition coefficient (Wildman–Crippen LogP) is 4.71. The quantitative estimate of drug-likeness (QED) is 0.427. The molecule has 2 aromatic rings. The highest BCUT2D eigenvalue weighted by molar-refractivity contribution is 9.11. The first-order valence-corrected chi connectivity index (χ1v) is 10.1. The number of phenolic OH excluding ortho intramolecular Hbond substituents is 1. The van der Waals surface area contributed by atoms with Crippen LogP contribution in [0, 0.1) is 6.92 Å². The van der Waals surface area contributed by atoms with E-state index in [1.165, 1.54) is 0 Å². The van der Waals surface area contributed by atoms with Gasteiger partial charge in [-0.3, -0.25) is 9.59 Å². The van der Waals surface area contributed by atoms with Crippen molar-refractivity contribution in [2.45, 2.75) is 33.1 Å². The summed E-state index contributed by atoms with van der Waals surface area (Å²) >= 11 is 6.89. The molecule has 3 N–H and O–H groups in total. The lowest BCUT2D eigenvalue weighted by molar-refractivity contribution is -0.158. The van der Waals surface area contributed by atoms with E-state index in [9.17, 15) is 14.7 Å². The van der Waals surface area contributed by atoms with Crippen molar-refractivity contribution in [2.75, 3.05) is 6.54 Å². The molecule has 0 saturated carbocycles. The number of hydrogen-bond acceptors (Lipinski definition) is 6. The number of rotatable bonds is 6. The third-order valence-corrected chi connectivity index (χ3v) is 5.12. The van der Waals surface area contributed by atoms with E-state index < -0.39 is 11.9 Å². The minimum atomic E-state index is -0.772. The first-order valence-electron chi connectivity index (χ1n) is 8.55. The lowest BCUT2D eigenvalue weighted by Gasteiger charge is -2.16. The Labute approximate surface area is 180 Å². The number of hydrogen-bond donors (Lipinski definition) is 2. The number of carbonyl (C=O) groups is 2. The maximum absolute atomic E-state index is 11.8. The number of halogens is 2. The molecule has 0 heterocycles. The van der Waals surface area contributed by atoms with E-state index in [4.69, 9.17) is 10.5 Å². The number of benzene rings is 2. The lowest BCUT2D eigenvalue weighted by Crippen LogP contribution is -2.21. The smallest absolute Gasteiger partial charge is 0.327 e. The van der Waals surface area contributed by atoms with Crippen molar-refractivity contribution in [3.8, 4) is 17.2 Å². The monoisotopic (exact) mass is 513 g/mol. The zero-order valence-corrected chi connectivity index (χ0v) is 18.9. The van der Waals surface area contributed by atoms with Gasteiger partial charge in [-0.1, -0.05) is 13.8 Å². The van der Waals surface area contributed by atoms with Gasteiger partial charge < -0.3 is 20.3 Å². The number of aromatic hydroxyl groups is 1. The molecule has 28 heavy (non-hydrogen) atoms. The molecule has 150 valence electrons. The normalized spacial score (nSPS) is 10.8. The lowest BCUT2D eigenvalue weighted by atomic mass is 9.99. The third-order valence-electron chi connectivity index (χ3n) is 3.95. The van der Waals surface area contributed by atoms with E-state index in [2.05, 4.69) is 36.6 Å². The van der Waals surface area contributed by atoms with E-state index in [0.29, 0.717) is 26.0 Å². The molecule has 0 aliphatic rings. The molecule has 0 unspecified atom stereocenters. The molecule has 0 aliphatic carbocycles. The predicted molar refractivity (Wildman–Crippen MR) is 113 cm³/mol. The summed E-state index contributed by atoms with van der Waals surface area (Å²) in [6.07, 6.45) is -0.0843. The van der Waals surface area contributed by atoms with Gasteiger partial charge in [0.15, 0.2) is 5.75 Å². The van der Waals surface area contributed by atoms with Crippen LogP contribution in [0.4, 0.5) is 0 Å². The van der Waals surface area contributed by atoms with Crippen molar-refractivity contribution in [1.82, 2.24) is 0 Å². The van der Waals surface area contributed by atoms with Gasteiger partial charge in [-0.25, -0.2) is 0 Å². The Morgan fingerprint density at radius 1 is 1.11 bits per heavy atom. The number of nitrogens with two attached hydrogens (primary N) is 1. The Kier molecular flexibility index (Phi) is 7.63. The Balaban J connectivity index is 2.26. The summed E-state index contributed by atoms with van der Waals surface area (Å²) in [5.74, 6) is 0.0570. The van der Waals surface area contributed by atoms with Crippen molar-refractivity contribution < 1.29 is 24.2 Å². The van der Waals surface area contributed by atoms with Gasteiger partial charge in [-0.05, 0) is 80.1 Å². The molecule has 0 radical (unpaired) electrons. The number of ether oxygens (including phenoxy) is 2. The summed E-state index contributed by atoms with van der Waals surface area (Å²) < 4.78 is 11.8. The van der Waals surface area contributed by atoms with Gasteiger partial charge in [-0.2, -0.15) is 0 Å². The van der Waals surface area contributed by atoms with E-state index in [-0.39, 0.29) is 24.6 Å². The van der Waals surface area contributed by atoms with Gasteiger partial charge >= 0.3 is 11.9 Å². The molecule has 0 saturated heterocycles. The summed E-state index contributed by atoms with van der Waals surface area (Å²) in [7, 11) is 0. The fraction of sp³-hybridized carbons (Fsp3) is 0.300. The van der Waals surface area contributed by atoms with E-state index in [1.807, 2.05) is 20.8 Å². The van der Waals surface area contributed by atoms with Crippen LogP contribution in [0.3, 0.4) is 0 Å². The number of phenols is 1. The van der Waals surface area contributed by atoms with Crippen LogP contribution in [-0.4, -0.2) is 23.6 Å². The first-order chi connectivity index (χ1) is 13.1. The second-order valence-electron chi connectivity index (χ2n) is 6.55. The largest absolute Gasteiger partial charge is 0.507 e. The van der Waals surface area contributed by atoms with E-state index in [0.717, 1.165) is 11.1 Å². The van der Waals surface area contributed by atoms with Gasteiger partial charge in [0, 0.05) is 5.56 Å². The SMILES string of the molecule is Cc1cc(Oc2c(Br)cc(CC(=O)OC(=O)CN)cc2Br)cc(C(C)C)c1O. The molecule has 2 rings (SSSR count). The topological polar surface area (TPSA) is 98.9 Å². The number of esters is 2. The van der Waals surface area contributed by atoms with E-state index >= 15 is 0 Å². The fourth-order valence-electron chi connectivity index (χ4n) is 2.57. The molecule has 6 nitrogen and oxygen atoms in total. The molecule has 0 spiro atoms. The molecule has 0 aromatic heterocycles. The summed E-state index contributed by atoms with van der Waals surface area (Å²) in [5.41, 5.74) is 7.28. The minimum Gasteiger partial charge on any atom is -0.507 e. The van der Waals surface area contributed by atoms with Crippen LogP contribution >= 0.6 is 31.9 Å². The average Bonchev–Trinajstić information content (AvgIpc) is 2.60. The number of carbonyl (C=O) groups excluding carboxylic acids is 2. The summed E-state index contributed by atoms with van der Waals surface area (Å²) in [6.45, 7) is 5.45. The van der Waals surface area contributed by atoms with Crippen LogP contribution in [0.2, 0.25) is 0 Å². The number of aryl methyl sites for hydroxylation is 1. The Hall–Kier alpha value is -1.90. The second-order valence-corrected chi connectivity index (χ2v) is 8.26. The van der Waals surface area contributed by atoms with Crippen molar-refractivity contribution in [3.63, 3.8) is 0 Å². The highest BCUT2D eigenvalue weighted by Gasteiger charge is 2.16. The van der Waals surface area contributed by atoms with Crippen LogP contribution in [0.15, 0.2) is 33.2 Å². The average molecular weight is 515 g/mol. The Morgan fingerprint density at radius 2 is 1.71 bits per heavy atom. The van der Waals surface area contributed by atoms with Crippen LogP contribution in [0.5, 0.6) is 17.2 Å². The molecular weight excluding hydrogens is 494 g/mol. The summed E-state index contributed by atoms with van der Waals surface area (Å²) in [6, 6.07) is 6.98. The highest BCUT2D eigenvalue weighted by atomic mass is 79.9. The van der Waals surface area contributed by atoms with E-state index in [1.54, 1.807) is 24.3 Å². The molecule has 0 bridgehead atoms. The molecule has 8 heteroatoms. The van der Waals surface area contributed by atoms with Crippen molar-refractivity contribution in [1.29, 1.82) is 0 Å². The van der Waals surface area contributed by atoms with Crippen LogP contribution < -0.4 is 10.5 Å². The maximum atomic E-state index is 11.8. The van der Waals surface area contributed by atoms with Crippen LogP contribution in [0.25, 0.3) is 0 Å². The maximum Gasteiger partial charge on any atom is 0.327 e. The summed E-state index contributed by atoms with van der Waals surface area (Å²) in [4.78, 5) is 22.9. The van der Waals surface area contributed by atoms with Crippen molar-refractivity contribution in [2.24, 2.45) is 5.73 Å². The minimum absolute atomic E-state index is 0.0843. The zero-order valence-electron chi connectivity index (χ0n) is 15.7. The third kappa shape index (κ3) is 5.56. The zero-order chi connectivity index (χ0) is 21.0. The molecule has 0 amide bonds. The van der Waals surface area contributed by atoms with Gasteiger partial charge in [0.05, 0.1) is 21.9 Å². The van der Waals surface area contributed by atoms with Gasteiger partial charge in [-0.15, -0.1) is 0 Å². The second kappa shape index (κ2) is 9.54. The standard InChI is InChI=1S/C20H21Br2NO5/c1-10(2)14-8-13(4-11(3)19(14)26)27-20-15(21)5-12(6-16(20)22)7-17(24)28-18(25)9-23/h4-6,8,10,26H,7,9,23H2,1-3H3. The van der Waals surface area contributed by atoms with Gasteiger partial charge in [0.2, 0.25) is 0 Å². The van der Waals surface area contributed by atoms with Crippen molar-refractivity contribution in [3.05, 3.63) is 49.9 Å². The molecule has 0 atom stereocenters. The van der Waals surface area contributed by atoms with Crippen LogP contribution in [-0.2, 0) is 20.7 Å². The molecular formula is C20H21Br2NO5. The summed E-state index contributed by atoms with van der Waals surface area (Å²) in [5, 5.41) is 10.2.